The summed E-state index contributed by atoms with van der Waals surface area (Å²) in [7, 11) is 0. The highest BCUT2D eigenvalue weighted by molar-refractivity contribution is 7.17. The summed E-state index contributed by atoms with van der Waals surface area (Å²) in [6, 6.07) is 15.0. The van der Waals surface area contributed by atoms with Crippen molar-refractivity contribution in [2.45, 2.75) is 26.4 Å². The molecular weight excluding hydrogens is 398 g/mol. The molecule has 3 rings (SSSR count). The summed E-state index contributed by atoms with van der Waals surface area (Å²) in [4.78, 5) is 24.6. The van der Waals surface area contributed by atoms with Crippen molar-refractivity contribution in [1.29, 1.82) is 5.26 Å². The molecule has 30 heavy (non-hydrogen) atoms. The number of nitrogens with one attached hydrogen (secondary N) is 1. The Morgan fingerprint density at radius 3 is 2.90 bits per heavy atom. The van der Waals surface area contributed by atoms with Crippen LogP contribution in [0.5, 0.6) is 0 Å². The lowest BCUT2D eigenvalue weighted by Gasteiger charge is -2.18. The second kappa shape index (κ2) is 9.96. The van der Waals surface area contributed by atoms with E-state index >= 15 is 0 Å². The molecule has 0 saturated heterocycles. The Morgan fingerprint density at radius 2 is 2.17 bits per heavy atom. The third-order valence-corrected chi connectivity index (χ3v) is 5.61. The van der Waals surface area contributed by atoms with Gasteiger partial charge in [-0.25, -0.2) is 9.97 Å². The van der Waals surface area contributed by atoms with Crippen LogP contribution >= 0.6 is 11.3 Å². The van der Waals surface area contributed by atoms with E-state index in [1.54, 1.807) is 30.2 Å². The Morgan fingerprint density at radius 1 is 1.33 bits per heavy atom. The van der Waals surface area contributed by atoms with Crippen LogP contribution in [-0.2, 0) is 0 Å². The molecule has 0 fully saturated rings. The lowest BCUT2D eigenvalue weighted by molar-refractivity contribution is 0.0772. The highest BCUT2D eigenvalue weighted by Gasteiger charge is 2.17. The Labute approximate surface area is 179 Å². The molecule has 2 aromatic heterocycles. The summed E-state index contributed by atoms with van der Waals surface area (Å²) < 4.78 is 0. The fourth-order valence-electron chi connectivity index (χ4n) is 2.90. The van der Waals surface area contributed by atoms with Gasteiger partial charge in [-0.1, -0.05) is 12.1 Å². The molecule has 0 aliphatic heterocycles. The third kappa shape index (κ3) is 5.20. The molecule has 154 valence electrons. The van der Waals surface area contributed by atoms with Crippen LogP contribution in [0.15, 0.2) is 48.7 Å². The number of carbonyl (C=O) groups excluding carboxylic acids is 1. The van der Waals surface area contributed by atoms with Crippen molar-refractivity contribution in [2.75, 3.05) is 18.4 Å². The number of hydrogen-bond donors (Lipinski definition) is 2. The number of carbonyl (C=O) groups is 1. The number of nitriles is 1. The van der Waals surface area contributed by atoms with Gasteiger partial charge in [0.2, 0.25) is 5.95 Å². The molecule has 0 aliphatic rings. The van der Waals surface area contributed by atoms with E-state index in [0.29, 0.717) is 36.0 Å². The van der Waals surface area contributed by atoms with E-state index < -0.39 is 6.10 Å². The molecule has 1 atom stereocenters. The summed E-state index contributed by atoms with van der Waals surface area (Å²) in [5.74, 6) is 0.354. The van der Waals surface area contributed by atoms with Gasteiger partial charge in [0.1, 0.15) is 0 Å². The molecule has 0 radical (unpaired) electrons. The summed E-state index contributed by atoms with van der Waals surface area (Å²) in [6.45, 7) is 4.59. The van der Waals surface area contributed by atoms with E-state index in [2.05, 4.69) is 21.4 Å². The molecule has 0 aliphatic carbocycles. The van der Waals surface area contributed by atoms with Gasteiger partial charge in [0, 0.05) is 25.0 Å². The summed E-state index contributed by atoms with van der Waals surface area (Å²) in [5.41, 5.74) is 2.29. The smallest absolute Gasteiger partial charge is 0.263 e. The standard InChI is InChI=1S/C22H23N5O2S/c1-3-27(13-5-11-23)21(29)20-9-8-19(30-20)18-10-12-24-22(26-18)25-17-7-4-6-16(14-17)15(2)28/h4,6-10,12,14-15,28H,3,5,13H2,1-2H3,(H,24,25,26). The van der Waals surface area contributed by atoms with Gasteiger partial charge in [0.05, 0.1) is 34.0 Å². The van der Waals surface area contributed by atoms with Crippen molar-refractivity contribution in [3.8, 4) is 16.6 Å². The minimum Gasteiger partial charge on any atom is -0.389 e. The Hall–Kier alpha value is -3.28. The minimum absolute atomic E-state index is 0.0775. The first-order valence-electron chi connectivity index (χ1n) is 9.66. The maximum Gasteiger partial charge on any atom is 0.263 e. The average Bonchev–Trinajstić information content (AvgIpc) is 3.25. The number of benzene rings is 1. The Bertz CT molecular complexity index is 1060. The van der Waals surface area contributed by atoms with Crippen LogP contribution in [-0.4, -0.2) is 39.0 Å². The van der Waals surface area contributed by atoms with E-state index in [9.17, 15) is 9.90 Å². The normalized spacial score (nSPS) is 11.5. The summed E-state index contributed by atoms with van der Waals surface area (Å²) >= 11 is 1.37. The SMILES string of the molecule is CCN(CCC#N)C(=O)c1ccc(-c2ccnc(Nc3cccc(C(C)O)c3)n2)s1. The van der Waals surface area contributed by atoms with E-state index in [1.165, 1.54) is 11.3 Å². The van der Waals surface area contributed by atoms with Crippen LogP contribution in [0.2, 0.25) is 0 Å². The van der Waals surface area contributed by atoms with Crippen LogP contribution < -0.4 is 5.32 Å². The minimum atomic E-state index is -0.558. The fraction of sp³-hybridized carbons (Fsp3) is 0.273. The number of aliphatic hydroxyl groups is 1. The molecule has 2 heterocycles. The average molecular weight is 422 g/mol. The van der Waals surface area contributed by atoms with Gasteiger partial charge in [0.25, 0.3) is 5.91 Å². The van der Waals surface area contributed by atoms with Gasteiger partial charge in [-0.15, -0.1) is 11.3 Å². The van der Waals surface area contributed by atoms with Gasteiger partial charge in [0.15, 0.2) is 0 Å². The van der Waals surface area contributed by atoms with Gasteiger partial charge < -0.3 is 15.3 Å². The lowest BCUT2D eigenvalue weighted by atomic mass is 10.1. The molecule has 3 aromatic rings. The predicted molar refractivity (Wildman–Crippen MR) is 118 cm³/mol. The number of amides is 1. The van der Waals surface area contributed by atoms with Crippen LogP contribution in [0, 0.1) is 11.3 Å². The first-order valence-corrected chi connectivity index (χ1v) is 10.5. The van der Waals surface area contributed by atoms with Gasteiger partial charge in [-0.3, -0.25) is 4.79 Å². The number of thiophene rings is 1. The third-order valence-electron chi connectivity index (χ3n) is 4.51. The second-order valence-corrected chi connectivity index (χ2v) is 7.73. The molecule has 1 unspecified atom stereocenters. The predicted octanol–water partition coefficient (Wildman–Crippen LogP) is 4.38. The van der Waals surface area contributed by atoms with Crippen LogP contribution in [0.3, 0.4) is 0 Å². The number of aromatic nitrogens is 2. The van der Waals surface area contributed by atoms with Crippen LogP contribution in [0.4, 0.5) is 11.6 Å². The van der Waals surface area contributed by atoms with Gasteiger partial charge in [-0.2, -0.15) is 5.26 Å². The van der Waals surface area contributed by atoms with Crippen molar-refractivity contribution < 1.29 is 9.90 Å². The maximum atomic E-state index is 12.7. The molecule has 2 N–H and O–H groups in total. The van der Waals surface area contributed by atoms with Crippen LogP contribution in [0.25, 0.3) is 10.6 Å². The number of nitrogens with zero attached hydrogens (tertiary/aromatic N) is 4. The Kier molecular flexibility index (Phi) is 7.12. The molecule has 7 nitrogen and oxygen atoms in total. The number of anilines is 2. The number of rotatable bonds is 8. The van der Waals surface area contributed by atoms with Crippen LogP contribution in [0.1, 0.15) is 41.6 Å². The van der Waals surface area contributed by atoms with Crippen molar-refractivity contribution in [1.82, 2.24) is 14.9 Å². The summed E-state index contributed by atoms with van der Waals surface area (Å²) in [6.07, 6.45) is 1.42. The number of aliphatic hydroxyl groups excluding tert-OH is 1. The molecular formula is C22H23N5O2S. The van der Waals surface area contributed by atoms with Gasteiger partial charge in [-0.05, 0) is 49.7 Å². The lowest BCUT2D eigenvalue weighted by Crippen LogP contribution is -2.31. The fourth-order valence-corrected chi connectivity index (χ4v) is 3.84. The van der Waals surface area contributed by atoms with E-state index in [-0.39, 0.29) is 5.91 Å². The second-order valence-electron chi connectivity index (χ2n) is 6.65. The molecule has 0 saturated carbocycles. The Balaban J connectivity index is 1.77. The monoisotopic (exact) mass is 421 g/mol. The van der Waals surface area contributed by atoms with Gasteiger partial charge >= 0.3 is 0 Å². The maximum absolute atomic E-state index is 12.7. The largest absolute Gasteiger partial charge is 0.389 e. The molecule has 0 spiro atoms. The zero-order valence-corrected chi connectivity index (χ0v) is 17.7. The van der Waals surface area contributed by atoms with E-state index in [1.807, 2.05) is 37.3 Å². The zero-order valence-electron chi connectivity index (χ0n) is 16.9. The summed E-state index contributed by atoms with van der Waals surface area (Å²) in [5, 5.41) is 21.7. The van der Waals surface area contributed by atoms with Crippen molar-refractivity contribution in [3.63, 3.8) is 0 Å². The first-order chi connectivity index (χ1) is 14.5. The van der Waals surface area contributed by atoms with Crippen molar-refractivity contribution >= 4 is 28.9 Å². The molecule has 1 aromatic carbocycles. The van der Waals surface area contributed by atoms with E-state index in [0.717, 1.165) is 16.1 Å². The van der Waals surface area contributed by atoms with Crippen molar-refractivity contribution in [3.05, 3.63) is 59.1 Å². The topological polar surface area (TPSA) is 102 Å². The highest BCUT2D eigenvalue weighted by Crippen LogP contribution is 2.28. The highest BCUT2D eigenvalue weighted by atomic mass is 32.1. The quantitative estimate of drug-likeness (QED) is 0.560. The van der Waals surface area contributed by atoms with E-state index in [4.69, 9.17) is 5.26 Å². The number of hydrogen-bond acceptors (Lipinski definition) is 7. The van der Waals surface area contributed by atoms with Crippen molar-refractivity contribution in [2.24, 2.45) is 0 Å². The molecule has 8 heteroatoms. The molecule has 1 amide bonds. The zero-order chi connectivity index (χ0) is 21.5. The molecule has 0 bridgehead atoms. The first kappa shape index (κ1) is 21.4.